The molecule has 0 aliphatic heterocycles. The highest BCUT2D eigenvalue weighted by atomic mass is 35.5. The number of nitrogens with one attached hydrogen (secondary N) is 1. The lowest BCUT2D eigenvalue weighted by molar-refractivity contribution is 0.553. The number of hydrogen-bond donors (Lipinski definition) is 1. The Morgan fingerprint density at radius 2 is 2.05 bits per heavy atom. The average Bonchev–Trinajstić information content (AvgIpc) is 2.83. The fraction of sp³-hybridized carbons (Fsp3) is 0.429. The smallest absolute Gasteiger partial charge is 0.149 e. The molecule has 2 rings (SSSR count). The molecule has 2 aromatic rings. The van der Waals surface area contributed by atoms with Crippen molar-refractivity contribution in [1.82, 2.24) is 15.5 Å². The van der Waals surface area contributed by atoms with Gasteiger partial charge in [0.25, 0.3) is 0 Å². The predicted octanol–water partition coefficient (Wildman–Crippen LogP) is 4.30. The van der Waals surface area contributed by atoms with Crippen LogP contribution in [0.1, 0.15) is 18.9 Å². The Kier molecular flexibility index (Phi) is 5.78. The van der Waals surface area contributed by atoms with E-state index in [1.165, 1.54) is 0 Å². The van der Waals surface area contributed by atoms with Gasteiger partial charge >= 0.3 is 0 Å². The van der Waals surface area contributed by atoms with Crippen LogP contribution >= 0.6 is 34.5 Å². The van der Waals surface area contributed by atoms with Crippen LogP contribution in [0.4, 0.5) is 0 Å². The summed E-state index contributed by atoms with van der Waals surface area (Å²) in [6, 6.07) is 5.42. The van der Waals surface area contributed by atoms with Gasteiger partial charge in [-0.1, -0.05) is 48.4 Å². The van der Waals surface area contributed by atoms with Crippen molar-refractivity contribution in [2.24, 2.45) is 5.92 Å². The summed E-state index contributed by atoms with van der Waals surface area (Å²) in [5.74, 6) is 0.660. The van der Waals surface area contributed by atoms with Gasteiger partial charge in [-0.3, -0.25) is 0 Å². The molecule has 20 heavy (non-hydrogen) atoms. The Balaban J connectivity index is 1.98. The van der Waals surface area contributed by atoms with Gasteiger partial charge in [-0.15, -0.1) is 10.2 Å². The molecule has 1 heterocycles. The molecule has 0 saturated heterocycles. The minimum atomic E-state index is 0.609. The standard InChI is InChI=1S/C14H17Cl2N3S/c1-9(2)8-17-6-5-13-18-19-14(20-13)11-4-3-10(15)7-12(11)16/h3-4,7,9,17H,5-6,8H2,1-2H3. The maximum atomic E-state index is 6.18. The summed E-state index contributed by atoms with van der Waals surface area (Å²) in [7, 11) is 0. The quantitative estimate of drug-likeness (QED) is 0.803. The molecule has 0 amide bonds. The van der Waals surface area contributed by atoms with Crippen LogP contribution in [0.2, 0.25) is 10.0 Å². The molecule has 0 saturated carbocycles. The first-order valence-corrected chi connectivity index (χ1v) is 8.12. The summed E-state index contributed by atoms with van der Waals surface area (Å²) >= 11 is 13.6. The minimum absolute atomic E-state index is 0.609. The molecule has 0 aliphatic rings. The predicted molar refractivity (Wildman–Crippen MR) is 86.8 cm³/mol. The van der Waals surface area contributed by atoms with Crippen molar-refractivity contribution >= 4 is 34.5 Å². The van der Waals surface area contributed by atoms with Gasteiger partial charge < -0.3 is 5.32 Å². The van der Waals surface area contributed by atoms with Crippen molar-refractivity contribution < 1.29 is 0 Å². The Bertz CT molecular complexity index is 569. The van der Waals surface area contributed by atoms with Crippen molar-refractivity contribution in [1.29, 1.82) is 0 Å². The van der Waals surface area contributed by atoms with E-state index in [0.717, 1.165) is 35.1 Å². The third kappa shape index (κ3) is 4.42. The minimum Gasteiger partial charge on any atom is -0.316 e. The van der Waals surface area contributed by atoms with Gasteiger partial charge in [0, 0.05) is 23.6 Å². The molecule has 1 aromatic heterocycles. The van der Waals surface area contributed by atoms with E-state index in [1.807, 2.05) is 12.1 Å². The second kappa shape index (κ2) is 7.36. The fourth-order valence-corrected chi connectivity index (χ4v) is 3.15. The maximum absolute atomic E-state index is 6.18. The summed E-state index contributed by atoms with van der Waals surface area (Å²) in [5.41, 5.74) is 0.884. The molecule has 0 atom stereocenters. The second-order valence-corrected chi connectivity index (χ2v) is 6.88. The third-order valence-corrected chi connectivity index (χ3v) is 4.26. The number of benzene rings is 1. The molecule has 0 spiro atoms. The van der Waals surface area contributed by atoms with Crippen LogP contribution in [0.25, 0.3) is 10.6 Å². The van der Waals surface area contributed by atoms with Gasteiger partial charge in [0.05, 0.1) is 5.02 Å². The highest BCUT2D eigenvalue weighted by Crippen LogP contribution is 2.32. The highest BCUT2D eigenvalue weighted by Gasteiger charge is 2.10. The molecular weight excluding hydrogens is 313 g/mol. The number of halogens is 2. The van der Waals surface area contributed by atoms with Gasteiger partial charge in [-0.2, -0.15) is 0 Å². The molecule has 0 unspecified atom stereocenters. The number of nitrogens with zero attached hydrogens (tertiary/aromatic N) is 2. The normalized spacial score (nSPS) is 11.2. The lowest BCUT2D eigenvalue weighted by Gasteiger charge is -2.05. The van der Waals surface area contributed by atoms with Crippen LogP contribution in [0.15, 0.2) is 18.2 Å². The molecule has 1 N–H and O–H groups in total. The summed E-state index contributed by atoms with van der Waals surface area (Å²) < 4.78 is 0. The van der Waals surface area contributed by atoms with E-state index in [-0.39, 0.29) is 0 Å². The summed E-state index contributed by atoms with van der Waals surface area (Å²) in [4.78, 5) is 0. The SMILES string of the molecule is CC(C)CNCCc1nnc(-c2ccc(Cl)cc2Cl)s1. The average molecular weight is 330 g/mol. The first-order valence-electron chi connectivity index (χ1n) is 6.55. The van der Waals surface area contributed by atoms with Gasteiger partial charge in [0.2, 0.25) is 0 Å². The van der Waals surface area contributed by atoms with Crippen LogP contribution in [-0.2, 0) is 6.42 Å². The van der Waals surface area contributed by atoms with E-state index in [1.54, 1.807) is 17.4 Å². The van der Waals surface area contributed by atoms with Crippen LogP contribution in [0, 0.1) is 5.92 Å². The zero-order valence-electron chi connectivity index (χ0n) is 11.5. The van der Waals surface area contributed by atoms with E-state index in [0.29, 0.717) is 16.0 Å². The summed E-state index contributed by atoms with van der Waals surface area (Å²) in [5, 5.41) is 14.9. The van der Waals surface area contributed by atoms with Gasteiger partial charge in [-0.25, -0.2) is 0 Å². The van der Waals surface area contributed by atoms with Crippen LogP contribution in [-0.4, -0.2) is 23.3 Å². The number of hydrogen-bond acceptors (Lipinski definition) is 4. The lowest BCUT2D eigenvalue weighted by Crippen LogP contribution is -2.22. The van der Waals surface area contributed by atoms with Crippen molar-refractivity contribution in [3.63, 3.8) is 0 Å². The molecule has 0 bridgehead atoms. The Morgan fingerprint density at radius 1 is 1.25 bits per heavy atom. The largest absolute Gasteiger partial charge is 0.316 e. The van der Waals surface area contributed by atoms with Crippen molar-refractivity contribution in [2.75, 3.05) is 13.1 Å². The fourth-order valence-electron chi connectivity index (χ4n) is 1.71. The summed E-state index contributed by atoms with van der Waals surface area (Å²) in [6.07, 6.45) is 0.885. The molecule has 0 aliphatic carbocycles. The zero-order valence-corrected chi connectivity index (χ0v) is 13.8. The van der Waals surface area contributed by atoms with Gasteiger partial charge in [-0.05, 0) is 30.7 Å². The molecule has 1 aromatic carbocycles. The third-order valence-electron chi connectivity index (χ3n) is 2.70. The zero-order chi connectivity index (χ0) is 14.5. The Labute approximate surface area is 133 Å². The molecule has 6 heteroatoms. The number of aromatic nitrogens is 2. The second-order valence-electron chi connectivity index (χ2n) is 4.97. The Hall–Kier alpha value is -0.680. The van der Waals surface area contributed by atoms with Crippen molar-refractivity contribution in [3.8, 4) is 10.6 Å². The van der Waals surface area contributed by atoms with Gasteiger partial charge in [0.15, 0.2) is 0 Å². The van der Waals surface area contributed by atoms with E-state index in [2.05, 4.69) is 29.4 Å². The van der Waals surface area contributed by atoms with E-state index >= 15 is 0 Å². The van der Waals surface area contributed by atoms with Gasteiger partial charge in [0.1, 0.15) is 10.0 Å². The van der Waals surface area contributed by atoms with E-state index in [4.69, 9.17) is 23.2 Å². The molecular formula is C14H17Cl2N3S. The first kappa shape index (κ1) is 15.7. The van der Waals surface area contributed by atoms with Crippen molar-refractivity contribution in [2.45, 2.75) is 20.3 Å². The molecule has 0 radical (unpaired) electrons. The highest BCUT2D eigenvalue weighted by molar-refractivity contribution is 7.14. The molecule has 108 valence electrons. The lowest BCUT2D eigenvalue weighted by atomic mass is 10.2. The molecule has 3 nitrogen and oxygen atoms in total. The Morgan fingerprint density at radius 3 is 2.75 bits per heavy atom. The van der Waals surface area contributed by atoms with E-state index in [9.17, 15) is 0 Å². The first-order chi connectivity index (χ1) is 9.56. The van der Waals surface area contributed by atoms with Crippen molar-refractivity contribution in [3.05, 3.63) is 33.3 Å². The number of rotatable bonds is 6. The molecule has 0 fully saturated rings. The maximum Gasteiger partial charge on any atom is 0.149 e. The van der Waals surface area contributed by atoms with Crippen LogP contribution < -0.4 is 5.32 Å². The topological polar surface area (TPSA) is 37.8 Å². The van der Waals surface area contributed by atoms with E-state index < -0.39 is 0 Å². The van der Waals surface area contributed by atoms with Crippen LogP contribution in [0.3, 0.4) is 0 Å². The van der Waals surface area contributed by atoms with Crippen LogP contribution in [0.5, 0.6) is 0 Å². The summed E-state index contributed by atoms with van der Waals surface area (Å²) in [6.45, 7) is 6.33. The monoisotopic (exact) mass is 329 g/mol.